The zero-order valence-corrected chi connectivity index (χ0v) is 24.2. The van der Waals surface area contributed by atoms with E-state index < -0.39 is 22.6 Å². The van der Waals surface area contributed by atoms with Crippen LogP contribution in [0.3, 0.4) is 0 Å². The van der Waals surface area contributed by atoms with Gasteiger partial charge in [0, 0.05) is 32.2 Å². The van der Waals surface area contributed by atoms with Gasteiger partial charge in [-0.3, -0.25) is 18.7 Å². The number of nitrogens with one attached hydrogen (secondary N) is 1. The Morgan fingerprint density at radius 3 is 2.51 bits per heavy atom. The van der Waals surface area contributed by atoms with Gasteiger partial charge in [-0.15, -0.1) is 4.80 Å². The Morgan fingerprint density at radius 1 is 1.20 bits per heavy atom. The molecule has 0 aliphatic carbocycles. The summed E-state index contributed by atoms with van der Waals surface area (Å²) in [6, 6.07) is 4.25. The van der Waals surface area contributed by atoms with Gasteiger partial charge in [0.2, 0.25) is 5.91 Å². The Morgan fingerprint density at radius 2 is 1.93 bits per heavy atom. The number of benzene rings is 1. The zero-order valence-electron chi connectivity index (χ0n) is 23.3. The van der Waals surface area contributed by atoms with Crippen LogP contribution >= 0.6 is 11.3 Å². The molecule has 3 aromatic heterocycles. The van der Waals surface area contributed by atoms with Gasteiger partial charge in [0.05, 0.1) is 43.6 Å². The second kappa shape index (κ2) is 12.7. The minimum absolute atomic E-state index is 0.112. The van der Waals surface area contributed by atoms with Gasteiger partial charge < -0.3 is 19.9 Å². The van der Waals surface area contributed by atoms with Crippen molar-refractivity contribution in [1.29, 1.82) is 0 Å². The number of ether oxygens (including phenoxy) is 2. The van der Waals surface area contributed by atoms with Crippen LogP contribution < -0.4 is 21.3 Å². The van der Waals surface area contributed by atoms with Crippen LogP contribution in [0.1, 0.15) is 30.9 Å². The topological polar surface area (TPSA) is 142 Å². The van der Waals surface area contributed by atoms with E-state index in [4.69, 9.17) is 9.84 Å². The van der Waals surface area contributed by atoms with Crippen LogP contribution in [0.15, 0.2) is 40.2 Å². The Balaban J connectivity index is 0.000000714. The number of hydrogen-bond donors (Lipinski definition) is 2. The highest BCUT2D eigenvalue weighted by atomic mass is 32.1. The van der Waals surface area contributed by atoms with Gasteiger partial charge in [0.25, 0.3) is 5.56 Å². The lowest BCUT2D eigenvalue weighted by molar-refractivity contribution is -0.123. The van der Waals surface area contributed by atoms with E-state index in [0.29, 0.717) is 51.5 Å². The number of aliphatic hydroxyl groups is 1. The SMILES string of the molecule is COCCO.COc1ccc(F)cc1CCn1c(=O)n(C2(C)CCC(=O)NC2)c(=O)c2c(C)c(-n3nccn3)sc21. The van der Waals surface area contributed by atoms with Gasteiger partial charge in [0.15, 0.2) is 0 Å². The number of aromatic nitrogens is 5. The van der Waals surface area contributed by atoms with Crippen molar-refractivity contribution in [1.82, 2.24) is 29.4 Å². The third-order valence-corrected chi connectivity index (χ3v) is 8.31. The Labute approximate surface area is 238 Å². The number of piperidine rings is 1. The van der Waals surface area contributed by atoms with Gasteiger partial charge in [-0.1, -0.05) is 11.3 Å². The van der Waals surface area contributed by atoms with Crippen molar-refractivity contribution in [3.8, 4) is 10.8 Å². The van der Waals surface area contributed by atoms with Crippen LogP contribution in [0.4, 0.5) is 4.39 Å². The first-order valence-electron chi connectivity index (χ1n) is 13.0. The number of methoxy groups -OCH3 is 2. The Kier molecular flexibility index (Phi) is 9.35. The number of halogens is 1. The summed E-state index contributed by atoms with van der Waals surface area (Å²) in [5.74, 6) is -0.00336. The van der Waals surface area contributed by atoms with Crippen LogP contribution in [0, 0.1) is 12.7 Å². The molecule has 1 saturated heterocycles. The lowest BCUT2D eigenvalue weighted by Crippen LogP contribution is -2.57. The molecule has 5 rings (SSSR count). The lowest BCUT2D eigenvalue weighted by atomic mass is 9.91. The predicted octanol–water partition coefficient (Wildman–Crippen LogP) is 1.75. The van der Waals surface area contributed by atoms with E-state index in [9.17, 15) is 18.8 Å². The van der Waals surface area contributed by atoms with Crippen molar-refractivity contribution in [3.05, 3.63) is 68.4 Å². The molecular formula is C27H33FN6O6S. The summed E-state index contributed by atoms with van der Waals surface area (Å²) in [5, 5.41) is 20.2. The average Bonchev–Trinajstić information content (AvgIpc) is 3.60. The summed E-state index contributed by atoms with van der Waals surface area (Å²) in [7, 11) is 3.06. The van der Waals surface area contributed by atoms with Crippen LogP contribution in [0.25, 0.3) is 15.2 Å². The number of rotatable bonds is 8. The standard InChI is InChI=1S/C24H25FN6O4S.C3H8O2/c1-14-19-20(33)30(24(2)8-6-18(32)26-13-24)23(34)29(22(19)36-21(14)31-27-9-10-28-31)11-7-15-12-16(25)4-5-17(15)35-3;1-5-3-2-4/h4-5,9-10,12H,6-8,11,13H2,1-3H3,(H,26,32);4H,2-3H2,1H3. The van der Waals surface area contributed by atoms with Gasteiger partial charge >= 0.3 is 5.69 Å². The Bertz CT molecular complexity index is 1630. The lowest BCUT2D eigenvalue weighted by Gasteiger charge is -2.35. The number of hydrogen-bond acceptors (Lipinski definition) is 9. The number of carbonyl (C=O) groups excluding carboxylic acids is 1. The zero-order chi connectivity index (χ0) is 29.7. The van der Waals surface area contributed by atoms with Crippen molar-refractivity contribution in [2.45, 2.75) is 45.2 Å². The quantitative estimate of drug-likeness (QED) is 0.317. The Hall–Kier alpha value is -3.88. The third-order valence-electron chi connectivity index (χ3n) is 7.03. The fourth-order valence-corrected chi connectivity index (χ4v) is 6.06. The number of fused-ring (bicyclic) bond motifs is 1. The van der Waals surface area contributed by atoms with Crippen molar-refractivity contribution < 1.29 is 23.8 Å². The van der Waals surface area contributed by atoms with Gasteiger partial charge in [-0.2, -0.15) is 10.2 Å². The normalized spacial score (nSPS) is 16.8. The van der Waals surface area contributed by atoms with E-state index in [-0.39, 0.29) is 32.0 Å². The molecule has 1 atom stereocenters. The first kappa shape index (κ1) is 30.1. The van der Waals surface area contributed by atoms with Crippen molar-refractivity contribution >= 4 is 27.5 Å². The highest BCUT2D eigenvalue weighted by Crippen LogP contribution is 2.32. The molecule has 1 amide bonds. The van der Waals surface area contributed by atoms with Crippen LogP contribution in [-0.4, -0.2) is 69.1 Å². The van der Waals surface area contributed by atoms with Crippen LogP contribution in [0.2, 0.25) is 0 Å². The molecule has 4 heterocycles. The number of aliphatic hydroxyl groups excluding tert-OH is 1. The number of amides is 1. The molecule has 0 radical (unpaired) electrons. The molecule has 1 aliphatic heterocycles. The van der Waals surface area contributed by atoms with E-state index in [1.54, 1.807) is 31.6 Å². The molecule has 12 nitrogen and oxygen atoms in total. The first-order valence-corrected chi connectivity index (χ1v) is 13.8. The summed E-state index contributed by atoms with van der Waals surface area (Å²) in [5.41, 5.74) is -0.533. The fraction of sp³-hybridized carbons (Fsp3) is 0.444. The summed E-state index contributed by atoms with van der Waals surface area (Å²) in [6.07, 6.45) is 3.95. The molecule has 2 N–H and O–H groups in total. The highest BCUT2D eigenvalue weighted by Gasteiger charge is 2.36. The summed E-state index contributed by atoms with van der Waals surface area (Å²) >= 11 is 1.25. The average molecular weight is 589 g/mol. The number of thiophene rings is 1. The van der Waals surface area contributed by atoms with Crippen molar-refractivity contribution in [2.24, 2.45) is 0 Å². The van der Waals surface area contributed by atoms with E-state index in [0.717, 1.165) is 0 Å². The second-order valence-corrected chi connectivity index (χ2v) is 10.8. The van der Waals surface area contributed by atoms with Crippen molar-refractivity contribution in [2.75, 3.05) is 34.0 Å². The summed E-state index contributed by atoms with van der Waals surface area (Å²) < 4.78 is 26.6. The molecule has 0 saturated carbocycles. The largest absolute Gasteiger partial charge is 0.496 e. The number of nitrogens with zero attached hydrogens (tertiary/aromatic N) is 5. The van der Waals surface area contributed by atoms with E-state index in [1.165, 1.54) is 52.3 Å². The van der Waals surface area contributed by atoms with E-state index in [1.807, 2.05) is 0 Å². The minimum Gasteiger partial charge on any atom is -0.496 e. The summed E-state index contributed by atoms with van der Waals surface area (Å²) in [6.45, 7) is 4.53. The monoisotopic (exact) mass is 588 g/mol. The molecule has 1 aliphatic rings. The fourth-order valence-electron chi connectivity index (χ4n) is 4.82. The molecule has 1 unspecified atom stereocenters. The number of aryl methyl sites for hydroxylation is 3. The molecule has 41 heavy (non-hydrogen) atoms. The maximum absolute atomic E-state index is 14.0. The molecule has 0 bridgehead atoms. The van der Waals surface area contributed by atoms with E-state index in [2.05, 4.69) is 20.3 Å². The smallest absolute Gasteiger partial charge is 0.332 e. The molecule has 0 spiro atoms. The summed E-state index contributed by atoms with van der Waals surface area (Å²) in [4.78, 5) is 41.5. The van der Waals surface area contributed by atoms with Crippen molar-refractivity contribution in [3.63, 3.8) is 0 Å². The molecule has 14 heteroatoms. The third kappa shape index (κ3) is 6.09. The molecule has 4 aromatic rings. The second-order valence-electron chi connectivity index (χ2n) is 9.80. The first-order chi connectivity index (χ1) is 19.6. The predicted molar refractivity (Wildman–Crippen MR) is 152 cm³/mol. The van der Waals surface area contributed by atoms with Crippen LogP contribution in [0.5, 0.6) is 5.75 Å². The maximum atomic E-state index is 14.0. The molecular weight excluding hydrogens is 555 g/mol. The van der Waals surface area contributed by atoms with E-state index >= 15 is 0 Å². The minimum atomic E-state index is -0.896. The van der Waals surface area contributed by atoms with Crippen LogP contribution in [-0.2, 0) is 28.0 Å². The highest BCUT2D eigenvalue weighted by molar-refractivity contribution is 7.21. The van der Waals surface area contributed by atoms with Gasteiger partial charge in [-0.05, 0) is 50.5 Å². The maximum Gasteiger partial charge on any atom is 0.332 e. The van der Waals surface area contributed by atoms with Gasteiger partial charge in [0.1, 0.15) is 21.4 Å². The molecule has 220 valence electrons. The number of carbonyl (C=O) groups is 1. The molecule has 1 aromatic carbocycles. The molecule has 1 fully saturated rings. The van der Waals surface area contributed by atoms with Gasteiger partial charge in [-0.25, -0.2) is 9.18 Å².